The summed E-state index contributed by atoms with van der Waals surface area (Å²) in [5.74, 6) is -0.253. The number of likely N-dealkylation sites (tertiary alicyclic amines) is 1. The Labute approximate surface area is 165 Å². The zero-order valence-electron chi connectivity index (χ0n) is 15.0. The Balaban J connectivity index is 1.65. The highest BCUT2D eigenvalue weighted by atomic mass is 35.5. The fraction of sp³-hybridized carbons (Fsp3) is 0.350. The first-order chi connectivity index (χ1) is 12.9. The molecule has 0 amide bonds. The summed E-state index contributed by atoms with van der Waals surface area (Å²) in [6, 6.07) is 9.74. The molecule has 1 atom stereocenters. The summed E-state index contributed by atoms with van der Waals surface area (Å²) in [4.78, 5) is 2.63. The maximum atomic E-state index is 14.0. The van der Waals surface area contributed by atoms with Crippen molar-refractivity contribution in [1.29, 1.82) is 5.41 Å². The molecule has 1 unspecified atom stereocenters. The first-order valence-electron chi connectivity index (χ1n) is 9.00. The largest absolute Gasteiger partial charge is 0.351 e. The van der Waals surface area contributed by atoms with Crippen LogP contribution in [0, 0.1) is 18.2 Å². The van der Waals surface area contributed by atoms with Gasteiger partial charge in [-0.2, -0.15) is 0 Å². The molecular weight excluding hydrogens is 385 g/mol. The minimum absolute atomic E-state index is 0.0716. The quantitative estimate of drug-likeness (QED) is 0.562. The number of halogens is 2. The van der Waals surface area contributed by atoms with E-state index in [1.54, 1.807) is 12.1 Å². The summed E-state index contributed by atoms with van der Waals surface area (Å²) >= 11 is 6.31. The van der Waals surface area contributed by atoms with Crippen LogP contribution in [0.1, 0.15) is 36.8 Å². The summed E-state index contributed by atoms with van der Waals surface area (Å²) in [5, 5.41) is 8.85. The molecule has 4 nitrogen and oxygen atoms in total. The van der Waals surface area contributed by atoms with E-state index in [2.05, 4.69) is 9.62 Å². The highest BCUT2D eigenvalue weighted by Crippen LogP contribution is 2.48. The third-order valence-corrected chi connectivity index (χ3v) is 7.06. The molecule has 1 saturated heterocycles. The summed E-state index contributed by atoms with van der Waals surface area (Å²) < 4.78 is 29.6. The fourth-order valence-corrected chi connectivity index (χ4v) is 5.00. The SMILES string of the molecule is Cc1ccc(S(=O)Nc2cc(F)cc(Cl)c2C(=N)N2CCC23CCC3)cc1. The lowest BCUT2D eigenvalue weighted by atomic mass is 9.67. The molecule has 2 aromatic carbocycles. The Kier molecular flexibility index (Phi) is 4.72. The number of hydrogen-bond acceptors (Lipinski definition) is 2. The lowest BCUT2D eigenvalue weighted by Crippen LogP contribution is -2.65. The van der Waals surface area contributed by atoms with Gasteiger partial charge in [0.25, 0.3) is 0 Å². The van der Waals surface area contributed by atoms with Crippen LogP contribution < -0.4 is 4.72 Å². The smallest absolute Gasteiger partial charge is 0.150 e. The van der Waals surface area contributed by atoms with Gasteiger partial charge in [-0.15, -0.1) is 0 Å². The van der Waals surface area contributed by atoms with Gasteiger partial charge in [0.15, 0.2) is 0 Å². The molecule has 1 spiro atoms. The second kappa shape index (κ2) is 6.91. The monoisotopic (exact) mass is 405 g/mol. The van der Waals surface area contributed by atoms with Crippen LogP contribution in [0.25, 0.3) is 0 Å². The van der Waals surface area contributed by atoms with Crippen LogP contribution in [0.15, 0.2) is 41.3 Å². The normalized spacial score (nSPS) is 18.6. The van der Waals surface area contributed by atoms with E-state index in [0.717, 1.165) is 31.4 Å². The Morgan fingerprint density at radius 3 is 2.52 bits per heavy atom. The molecule has 4 rings (SSSR count). The summed E-state index contributed by atoms with van der Waals surface area (Å²) in [7, 11) is -1.58. The van der Waals surface area contributed by atoms with Crippen molar-refractivity contribution in [2.45, 2.75) is 43.0 Å². The lowest BCUT2D eigenvalue weighted by molar-refractivity contribution is -0.0157. The molecule has 1 saturated carbocycles. The first kappa shape index (κ1) is 18.4. The van der Waals surface area contributed by atoms with Crippen LogP contribution in [0.2, 0.25) is 5.02 Å². The zero-order valence-corrected chi connectivity index (χ0v) is 16.6. The minimum Gasteiger partial charge on any atom is -0.351 e. The van der Waals surface area contributed by atoms with Gasteiger partial charge in [-0.1, -0.05) is 29.3 Å². The number of nitrogens with zero attached hydrogens (tertiary/aromatic N) is 1. The molecule has 142 valence electrons. The van der Waals surface area contributed by atoms with Crippen molar-refractivity contribution in [2.24, 2.45) is 0 Å². The highest BCUT2D eigenvalue weighted by molar-refractivity contribution is 7.86. The maximum Gasteiger partial charge on any atom is 0.150 e. The number of amidine groups is 1. The van der Waals surface area contributed by atoms with Gasteiger partial charge in [-0.05, 0) is 56.9 Å². The van der Waals surface area contributed by atoms with E-state index >= 15 is 0 Å². The Hall–Kier alpha value is -1.92. The van der Waals surface area contributed by atoms with E-state index < -0.39 is 16.8 Å². The van der Waals surface area contributed by atoms with Crippen molar-refractivity contribution >= 4 is 34.1 Å². The number of rotatable bonds is 4. The molecule has 1 aliphatic carbocycles. The van der Waals surface area contributed by atoms with Crippen LogP contribution in [0.5, 0.6) is 0 Å². The molecule has 0 radical (unpaired) electrons. The topological polar surface area (TPSA) is 56.2 Å². The standard InChI is InChI=1S/C20H21ClFN3OS/c1-13-3-5-15(6-4-13)27(26)24-17-12-14(22)11-16(21)18(17)19(23)25-10-9-20(25)7-2-8-20/h3-6,11-12,23-24H,2,7-10H2,1H3. The predicted octanol–water partition coefficient (Wildman–Crippen LogP) is 4.88. The number of hydrogen-bond donors (Lipinski definition) is 2. The third-order valence-electron chi connectivity index (χ3n) is 5.66. The molecule has 0 bridgehead atoms. The average molecular weight is 406 g/mol. The number of benzene rings is 2. The minimum atomic E-state index is -1.58. The van der Waals surface area contributed by atoms with E-state index in [1.165, 1.54) is 18.6 Å². The summed E-state index contributed by atoms with van der Waals surface area (Å²) in [6.07, 6.45) is 4.40. The maximum absolute atomic E-state index is 14.0. The molecule has 2 aliphatic rings. The van der Waals surface area contributed by atoms with Gasteiger partial charge in [0, 0.05) is 12.1 Å². The van der Waals surface area contributed by atoms with Gasteiger partial charge in [0.1, 0.15) is 22.6 Å². The van der Waals surface area contributed by atoms with Crippen molar-refractivity contribution in [3.63, 3.8) is 0 Å². The molecular formula is C20H21ClFN3OS. The Morgan fingerprint density at radius 1 is 1.26 bits per heavy atom. The van der Waals surface area contributed by atoms with Gasteiger partial charge in [-0.25, -0.2) is 8.60 Å². The first-order valence-corrected chi connectivity index (χ1v) is 10.5. The molecule has 1 heterocycles. The van der Waals surface area contributed by atoms with Gasteiger partial charge in [-0.3, -0.25) is 5.41 Å². The average Bonchev–Trinajstić information content (AvgIpc) is 2.52. The van der Waals surface area contributed by atoms with Gasteiger partial charge in [0.2, 0.25) is 0 Å². The predicted molar refractivity (Wildman–Crippen MR) is 107 cm³/mol. The number of anilines is 1. The molecule has 0 aromatic heterocycles. The van der Waals surface area contributed by atoms with Crippen LogP contribution in [-0.2, 0) is 11.0 Å². The molecule has 7 heteroatoms. The second-order valence-electron chi connectivity index (χ2n) is 7.32. The molecule has 2 aromatic rings. The number of nitrogens with one attached hydrogen (secondary N) is 2. The van der Waals surface area contributed by atoms with E-state index in [1.807, 2.05) is 19.1 Å². The highest BCUT2D eigenvalue weighted by Gasteiger charge is 2.50. The molecule has 1 aliphatic heterocycles. The van der Waals surface area contributed by atoms with Gasteiger partial charge in [0.05, 0.1) is 21.2 Å². The summed E-state index contributed by atoms with van der Waals surface area (Å²) in [6.45, 7) is 2.75. The van der Waals surface area contributed by atoms with E-state index in [0.29, 0.717) is 10.5 Å². The van der Waals surface area contributed by atoms with Crippen LogP contribution in [-0.4, -0.2) is 27.0 Å². The third kappa shape index (κ3) is 3.25. The van der Waals surface area contributed by atoms with Gasteiger partial charge >= 0.3 is 0 Å². The van der Waals surface area contributed by atoms with Crippen molar-refractivity contribution in [3.8, 4) is 0 Å². The van der Waals surface area contributed by atoms with E-state index in [9.17, 15) is 8.60 Å². The van der Waals surface area contributed by atoms with E-state index in [4.69, 9.17) is 17.0 Å². The van der Waals surface area contributed by atoms with Gasteiger partial charge < -0.3 is 9.62 Å². The molecule has 27 heavy (non-hydrogen) atoms. The van der Waals surface area contributed by atoms with Crippen molar-refractivity contribution in [2.75, 3.05) is 11.3 Å². The van der Waals surface area contributed by atoms with Crippen molar-refractivity contribution in [1.82, 2.24) is 4.90 Å². The zero-order chi connectivity index (χ0) is 19.2. The van der Waals surface area contributed by atoms with Crippen molar-refractivity contribution in [3.05, 3.63) is 58.4 Å². The van der Waals surface area contributed by atoms with Crippen LogP contribution in [0.3, 0.4) is 0 Å². The van der Waals surface area contributed by atoms with Crippen LogP contribution >= 0.6 is 11.6 Å². The molecule has 2 fully saturated rings. The summed E-state index contributed by atoms with van der Waals surface area (Å²) in [5.41, 5.74) is 1.83. The fourth-order valence-electron chi connectivity index (χ4n) is 3.84. The lowest BCUT2D eigenvalue weighted by Gasteiger charge is -2.59. The van der Waals surface area contributed by atoms with Crippen LogP contribution in [0.4, 0.5) is 10.1 Å². The second-order valence-corrected chi connectivity index (χ2v) is 8.94. The Morgan fingerprint density at radius 2 is 1.96 bits per heavy atom. The van der Waals surface area contributed by atoms with Crippen molar-refractivity contribution < 1.29 is 8.60 Å². The Bertz CT molecular complexity index is 922. The van der Waals surface area contributed by atoms with E-state index in [-0.39, 0.29) is 22.1 Å². The molecule has 2 N–H and O–H groups in total. The number of aryl methyl sites for hydroxylation is 1.